The van der Waals surface area contributed by atoms with Crippen molar-refractivity contribution in [3.63, 3.8) is 0 Å². The van der Waals surface area contributed by atoms with E-state index in [1.807, 2.05) is 11.1 Å². The SMILES string of the molecule is CCN1N=C(CCN2CCN(c3cccc(OC)c3)CC2)N(CC2CCCCC2)C1C=O. The third kappa shape index (κ3) is 5.37. The fourth-order valence-electron chi connectivity index (χ4n) is 5.33. The number of likely N-dealkylation sites (N-methyl/N-ethyl adjacent to an activating group) is 1. The maximum atomic E-state index is 11.9. The van der Waals surface area contributed by atoms with Crippen molar-refractivity contribution in [2.45, 2.75) is 51.6 Å². The highest BCUT2D eigenvalue weighted by atomic mass is 16.5. The van der Waals surface area contributed by atoms with Crippen molar-refractivity contribution in [1.82, 2.24) is 14.8 Å². The van der Waals surface area contributed by atoms with Crippen molar-refractivity contribution in [3.8, 4) is 5.75 Å². The van der Waals surface area contributed by atoms with Crippen molar-refractivity contribution in [2.75, 3.05) is 57.8 Å². The zero-order valence-electron chi connectivity index (χ0n) is 19.8. The first kappa shape index (κ1) is 22.9. The predicted molar refractivity (Wildman–Crippen MR) is 129 cm³/mol. The Labute approximate surface area is 193 Å². The van der Waals surface area contributed by atoms with Crippen LogP contribution < -0.4 is 9.64 Å². The van der Waals surface area contributed by atoms with Crippen LogP contribution in [-0.4, -0.2) is 86.0 Å². The average molecular weight is 442 g/mol. The molecule has 3 aliphatic rings. The average Bonchev–Trinajstić information content (AvgIpc) is 3.20. The van der Waals surface area contributed by atoms with Gasteiger partial charge in [-0.05, 0) is 37.8 Å². The monoisotopic (exact) mass is 441 g/mol. The summed E-state index contributed by atoms with van der Waals surface area (Å²) in [5.41, 5.74) is 1.23. The van der Waals surface area contributed by atoms with Gasteiger partial charge in [-0.15, -0.1) is 0 Å². The lowest BCUT2D eigenvalue weighted by Gasteiger charge is -2.37. The molecule has 1 saturated carbocycles. The quantitative estimate of drug-likeness (QED) is 0.549. The molecule has 1 atom stereocenters. The van der Waals surface area contributed by atoms with Crippen LogP contribution in [0.2, 0.25) is 0 Å². The Morgan fingerprint density at radius 3 is 2.59 bits per heavy atom. The molecule has 0 N–H and O–H groups in total. The first-order valence-corrected chi connectivity index (χ1v) is 12.4. The molecule has 2 fully saturated rings. The smallest absolute Gasteiger partial charge is 0.175 e. The molecule has 32 heavy (non-hydrogen) atoms. The van der Waals surface area contributed by atoms with Crippen LogP contribution in [0.3, 0.4) is 0 Å². The first-order valence-electron chi connectivity index (χ1n) is 12.4. The number of carbonyl (C=O) groups is 1. The molecule has 4 rings (SSSR count). The summed E-state index contributed by atoms with van der Waals surface area (Å²) in [7, 11) is 1.72. The molecule has 7 nitrogen and oxygen atoms in total. The molecule has 0 spiro atoms. The first-order chi connectivity index (χ1) is 15.7. The molecule has 1 aromatic rings. The minimum Gasteiger partial charge on any atom is -0.497 e. The van der Waals surface area contributed by atoms with Crippen LogP contribution in [0.1, 0.15) is 45.4 Å². The topological polar surface area (TPSA) is 51.6 Å². The van der Waals surface area contributed by atoms with Crippen LogP contribution in [0.25, 0.3) is 0 Å². The van der Waals surface area contributed by atoms with Gasteiger partial charge in [0.2, 0.25) is 0 Å². The molecular formula is C25H39N5O2. The van der Waals surface area contributed by atoms with Crippen molar-refractivity contribution in [2.24, 2.45) is 11.0 Å². The highest BCUT2D eigenvalue weighted by molar-refractivity contribution is 5.87. The molecule has 0 bridgehead atoms. The predicted octanol–water partition coefficient (Wildman–Crippen LogP) is 3.26. The van der Waals surface area contributed by atoms with Gasteiger partial charge in [-0.25, -0.2) is 0 Å². The number of aldehydes is 1. The summed E-state index contributed by atoms with van der Waals surface area (Å²) in [6.45, 7) is 8.95. The van der Waals surface area contributed by atoms with Gasteiger partial charge in [0.25, 0.3) is 0 Å². The second kappa shape index (κ2) is 11.0. The summed E-state index contributed by atoms with van der Waals surface area (Å²) in [4.78, 5) is 19.2. The van der Waals surface area contributed by atoms with Crippen molar-refractivity contribution in [1.29, 1.82) is 0 Å². The van der Waals surface area contributed by atoms with E-state index < -0.39 is 0 Å². The zero-order chi connectivity index (χ0) is 22.3. The number of hydrazone groups is 1. The summed E-state index contributed by atoms with van der Waals surface area (Å²) in [6.07, 6.45) is 8.35. The maximum absolute atomic E-state index is 11.9. The van der Waals surface area contributed by atoms with E-state index in [0.29, 0.717) is 5.92 Å². The van der Waals surface area contributed by atoms with E-state index in [9.17, 15) is 4.79 Å². The lowest BCUT2D eigenvalue weighted by atomic mass is 9.89. The minimum atomic E-state index is -0.221. The van der Waals surface area contributed by atoms with Crippen LogP contribution >= 0.6 is 0 Å². The van der Waals surface area contributed by atoms with E-state index in [2.05, 4.69) is 39.8 Å². The normalized spacial score (nSPS) is 22.9. The van der Waals surface area contributed by atoms with E-state index in [4.69, 9.17) is 9.84 Å². The van der Waals surface area contributed by atoms with Gasteiger partial charge in [-0.1, -0.05) is 25.3 Å². The second-order valence-corrected chi connectivity index (χ2v) is 9.26. The Balaban J connectivity index is 1.31. The van der Waals surface area contributed by atoms with Gasteiger partial charge in [0.1, 0.15) is 11.6 Å². The molecule has 0 amide bonds. The van der Waals surface area contributed by atoms with Crippen molar-refractivity contribution < 1.29 is 9.53 Å². The number of methoxy groups -OCH3 is 1. The van der Waals surface area contributed by atoms with Gasteiger partial charge in [0.15, 0.2) is 12.5 Å². The van der Waals surface area contributed by atoms with Gasteiger partial charge in [0, 0.05) is 64.0 Å². The summed E-state index contributed by atoms with van der Waals surface area (Å²) in [6, 6.07) is 8.33. The fourth-order valence-corrected chi connectivity index (χ4v) is 5.33. The Bertz CT molecular complexity index is 771. The minimum absolute atomic E-state index is 0.221. The number of carbonyl (C=O) groups excluding carboxylic acids is 1. The number of amidine groups is 1. The zero-order valence-corrected chi connectivity index (χ0v) is 19.8. The molecule has 2 heterocycles. The Morgan fingerprint density at radius 2 is 1.91 bits per heavy atom. The number of nitrogens with zero attached hydrogens (tertiary/aromatic N) is 5. The van der Waals surface area contributed by atoms with Crippen LogP contribution in [-0.2, 0) is 4.79 Å². The van der Waals surface area contributed by atoms with Crippen LogP contribution in [0, 0.1) is 5.92 Å². The van der Waals surface area contributed by atoms with Gasteiger partial charge in [-0.3, -0.25) is 14.7 Å². The largest absolute Gasteiger partial charge is 0.497 e. The molecule has 0 radical (unpaired) electrons. The Hall–Kier alpha value is -2.28. The van der Waals surface area contributed by atoms with Gasteiger partial charge >= 0.3 is 0 Å². The molecule has 1 aromatic carbocycles. The number of rotatable bonds is 9. The van der Waals surface area contributed by atoms with E-state index in [-0.39, 0.29) is 6.17 Å². The maximum Gasteiger partial charge on any atom is 0.175 e. The van der Waals surface area contributed by atoms with Crippen LogP contribution in [0.5, 0.6) is 5.75 Å². The summed E-state index contributed by atoms with van der Waals surface area (Å²) < 4.78 is 5.38. The van der Waals surface area contributed by atoms with Crippen molar-refractivity contribution >= 4 is 17.8 Å². The number of hydrogen-bond acceptors (Lipinski definition) is 7. The lowest BCUT2D eigenvalue weighted by Crippen LogP contribution is -2.48. The third-order valence-electron chi connectivity index (χ3n) is 7.27. The molecule has 2 aliphatic heterocycles. The lowest BCUT2D eigenvalue weighted by molar-refractivity contribution is -0.115. The summed E-state index contributed by atoms with van der Waals surface area (Å²) in [5.74, 6) is 2.71. The highest BCUT2D eigenvalue weighted by Crippen LogP contribution is 2.28. The molecular weight excluding hydrogens is 402 g/mol. The number of piperazine rings is 1. The van der Waals surface area contributed by atoms with E-state index >= 15 is 0 Å². The molecule has 1 aliphatic carbocycles. The van der Waals surface area contributed by atoms with E-state index in [0.717, 1.165) is 70.1 Å². The molecule has 7 heteroatoms. The summed E-state index contributed by atoms with van der Waals surface area (Å²) in [5, 5.41) is 6.83. The van der Waals surface area contributed by atoms with Crippen LogP contribution in [0.15, 0.2) is 29.4 Å². The second-order valence-electron chi connectivity index (χ2n) is 9.26. The molecule has 1 unspecified atom stereocenters. The van der Waals surface area contributed by atoms with E-state index in [1.54, 1.807) is 7.11 Å². The van der Waals surface area contributed by atoms with Crippen molar-refractivity contribution in [3.05, 3.63) is 24.3 Å². The Kier molecular flexibility index (Phi) is 7.90. The van der Waals surface area contributed by atoms with E-state index in [1.165, 1.54) is 37.8 Å². The standard InChI is InChI=1S/C25H39N5O2/c1-3-30-25(20-31)29(19-21-8-5-4-6-9-21)24(26-30)12-13-27-14-16-28(17-15-27)22-10-7-11-23(18-22)32-2/h7,10-11,18,20-21,25H,3-6,8-9,12-17,19H2,1-2H3. The number of hydrogen-bond donors (Lipinski definition) is 0. The third-order valence-corrected chi connectivity index (χ3v) is 7.27. The Morgan fingerprint density at radius 1 is 1.12 bits per heavy atom. The number of anilines is 1. The summed E-state index contributed by atoms with van der Waals surface area (Å²) >= 11 is 0. The fraction of sp³-hybridized carbons (Fsp3) is 0.680. The van der Waals surface area contributed by atoms with Gasteiger partial charge in [0.05, 0.1) is 7.11 Å². The highest BCUT2D eigenvalue weighted by Gasteiger charge is 2.34. The molecule has 176 valence electrons. The number of ether oxygens (including phenoxy) is 1. The molecule has 0 aromatic heterocycles. The van der Waals surface area contributed by atoms with Gasteiger partial charge in [-0.2, -0.15) is 5.10 Å². The molecule has 1 saturated heterocycles. The van der Waals surface area contributed by atoms with Crippen LogP contribution in [0.4, 0.5) is 5.69 Å². The van der Waals surface area contributed by atoms with Gasteiger partial charge < -0.3 is 14.5 Å². The number of benzene rings is 1.